The van der Waals surface area contributed by atoms with Gasteiger partial charge in [-0.15, -0.1) is 4.68 Å². The van der Waals surface area contributed by atoms with Gasteiger partial charge in [0.15, 0.2) is 0 Å². The van der Waals surface area contributed by atoms with E-state index in [-0.39, 0.29) is 17.0 Å². The van der Waals surface area contributed by atoms with Gasteiger partial charge in [-0.3, -0.25) is 4.90 Å². The van der Waals surface area contributed by atoms with Crippen molar-refractivity contribution in [3.05, 3.63) is 58.5 Å². The fraction of sp³-hybridized carbons (Fsp3) is 0.167. The number of rotatable bonds is 5. The number of anilines is 1. The van der Waals surface area contributed by atoms with E-state index in [0.29, 0.717) is 16.1 Å². The number of benzene rings is 2. The van der Waals surface area contributed by atoms with Gasteiger partial charge in [0.25, 0.3) is 0 Å². The Kier molecular flexibility index (Phi) is 5.30. The Balaban J connectivity index is 1.98. The van der Waals surface area contributed by atoms with Gasteiger partial charge in [-0.2, -0.15) is 4.68 Å². The van der Waals surface area contributed by atoms with Crippen molar-refractivity contribution in [2.24, 2.45) is 0 Å². The highest BCUT2D eigenvalue weighted by atomic mass is 16.5. The van der Waals surface area contributed by atoms with E-state index in [1.165, 1.54) is 39.5 Å². The Labute approximate surface area is 164 Å². The van der Waals surface area contributed by atoms with Crippen molar-refractivity contribution in [2.75, 3.05) is 26.2 Å². The molecule has 11 nitrogen and oxygen atoms in total. The molecule has 0 aliphatic rings. The standard InChI is InChI=1S/C18H17N5O6/c1-21(11-8-9-14(28-2)12(10-11)16(24)25)17(26)23-18(27)22(19-20-23)13-6-4-5-7-15(13)29-3/h4-10H,1-3H3,(H,24,25). The third kappa shape index (κ3) is 3.52. The molecule has 0 fully saturated rings. The van der Waals surface area contributed by atoms with Crippen LogP contribution in [0, 0.1) is 0 Å². The zero-order valence-electron chi connectivity index (χ0n) is 15.8. The van der Waals surface area contributed by atoms with E-state index in [4.69, 9.17) is 9.47 Å². The van der Waals surface area contributed by atoms with E-state index in [0.717, 1.165) is 9.58 Å². The van der Waals surface area contributed by atoms with Crippen LogP contribution < -0.4 is 20.1 Å². The first-order valence-corrected chi connectivity index (χ1v) is 8.26. The molecule has 0 saturated carbocycles. The van der Waals surface area contributed by atoms with Crippen LogP contribution in [0.25, 0.3) is 5.69 Å². The molecule has 0 radical (unpaired) electrons. The number of carbonyl (C=O) groups excluding carboxylic acids is 1. The second-order valence-corrected chi connectivity index (χ2v) is 5.79. The number of hydrogen-bond donors (Lipinski definition) is 1. The quantitative estimate of drug-likeness (QED) is 0.635. The summed E-state index contributed by atoms with van der Waals surface area (Å²) < 4.78 is 11.7. The highest BCUT2D eigenvalue weighted by Crippen LogP contribution is 2.25. The zero-order valence-corrected chi connectivity index (χ0v) is 15.8. The topological polar surface area (TPSA) is 129 Å². The molecule has 1 heterocycles. The first-order valence-electron chi connectivity index (χ1n) is 8.26. The monoisotopic (exact) mass is 399 g/mol. The van der Waals surface area contributed by atoms with Gasteiger partial charge >= 0.3 is 17.7 Å². The summed E-state index contributed by atoms with van der Waals surface area (Å²) in [4.78, 5) is 37.9. The number of aromatic carboxylic acids is 1. The van der Waals surface area contributed by atoms with E-state index in [1.54, 1.807) is 24.3 Å². The maximum Gasteiger partial charge on any atom is 0.377 e. The molecule has 1 N–H and O–H groups in total. The molecule has 0 atom stereocenters. The van der Waals surface area contributed by atoms with Gasteiger partial charge in [0, 0.05) is 12.7 Å². The van der Waals surface area contributed by atoms with Crippen LogP contribution in [0.2, 0.25) is 0 Å². The Morgan fingerprint density at radius 2 is 1.72 bits per heavy atom. The van der Waals surface area contributed by atoms with Crippen molar-refractivity contribution in [1.82, 2.24) is 19.8 Å². The number of carbonyl (C=O) groups is 2. The molecule has 3 aromatic rings. The number of amides is 1. The van der Waals surface area contributed by atoms with E-state index in [2.05, 4.69) is 10.4 Å². The minimum atomic E-state index is -1.22. The summed E-state index contributed by atoms with van der Waals surface area (Å²) in [5.74, 6) is -0.700. The number of para-hydroxylation sites is 2. The van der Waals surface area contributed by atoms with Crippen molar-refractivity contribution in [3.63, 3.8) is 0 Å². The first kappa shape index (κ1) is 19.6. The Bertz CT molecular complexity index is 1140. The molecule has 3 rings (SSSR count). The molecular weight excluding hydrogens is 382 g/mol. The molecule has 29 heavy (non-hydrogen) atoms. The van der Waals surface area contributed by atoms with Crippen molar-refractivity contribution >= 4 is 17.7 Å². The van der Waals surface area contributed by atoms with Crippen LogP contribution in [0.5, 0.6) is 11.5 Å². The maximum atomic E-state index is 12.8. The normalized spacial score (nSPS) is 10.4. The molecule has 0 unspecified atom stereocenters. The van der Waals surface area contributed by atoms with Crippen LogP contribution in [0.15, 0.2) is 47.3 Å². The molecule has 0 bridgehead atoms. The van der Waals surface area contributed by atoms with Crippen LogP contribution in [0.4, 0.5) is 10.5 Å². The van der Waals surface area contributed by atoms with Gasteiger partial charge in [-0.05, 0) is 40.8 Å². The smallest absolute Gasteiger partial charge is 0.377 e. The summed E-state index contributed by atoms with van der Waals surface area (Å²) >= 11 is 0. The number of hydrogen-bond acceptors (Lipinski definition) is 7. The SMILES string of the molecule is COc1ccc(N(C)C(=O)n2nnn(-c3ccccc3OC)c2=O)cc1C(=O)O. The van der Waals surface area contributed by atoms with Crippen molar-refractivity contribution in [3.8, 4) is 17.2 Å². The molecule has 150 valence electrons. The highest BCUT2D eigenvalue weighted by molar-refractivity contribution is 5.96. The van der Waals surface area contributed by atoms with Crippen molar-refractivity contribution < 1.29 is 24.2 Å². The maximum absolute atomic E-state index is 12.8. The number of carboxylic acid groups (broad SMARTS) is 1. The van der Waals surface area contributed by atoms with Crippen LogP contribution >= 0.6 is 0 Å². The van der Waals surface area contributed by atoms with Crippen LogP contribution in [0.3, 0.4) is 0 Å². The highest BCUT2D eigenvalue weighted by Gasteiger charge is 2.23. The lowest BCUT2D eigenvalue weighted by Crippen LogP contribution is -2.39. The predicted octanol–water partition coefficient (Wildman–Crippen LogP) is 1.25. The van der Waals surface area contributed by atoms with E-state index in [9.17, 15) is 19.5 Å². The molecule has 1 amide bonds. The van der Waals surface area contributed by atoms with Crippen LogP contribution in [-0.2, 0) is 0 Å². The number of methoxy groups -OCH3 is 2. The molecule has 2 aromatic carbocycles. The summed E-state index contributed by atoms with van der Waals surface area (Å²) in [6, 6.07) is 9.97. The largest absolute Gasteiger partial charge is 0.496 e. The molecule has 0 saturated heterocycles. The van der Waals surface area contributed by atoms with Gasteiger partial charge in [0.05, 0.1) is 14.2 Å². The predicted molar refractivity (Wildman–Crippen MR) is 101 cm³/mol. The lowest BCUT2D eigenvalue weighted by molar-refractivity contribution is 0.0693. The molecule has 11 heteroatoms. The third-order valence-corrected chi connectivity index (χ3v) is 4.16. The number of nitrogens with zero attached hydrogens (tertiary/aromatic N) is 5. The summed E-state index contributed by atoms with van der Waals surface area (Å²) in [5.41, 5.74) is -0.390. The summed E-state index contributed by atoms with van der Waals surface area (Å²) in [5, 5.41) is 16.7. The van der Waals surface area contributed by atoms with E-state index >= 15 is 0 Å². The molecule has 1 aromatic heterocycles. The fourth-order valence-electron chi connectivity index (χ4n) is 2.65. The lowest BCUT2D eigenvalue weighted by atomic mass is 10.1. The zero-order chi connectivity index (χ0) is 21.1. The molecular formula is C18H17N5O6. The lowest BCUT2D eigenvalue weighted by Gasteiger charge is -2.17. The van der Waals surface area contributed by atoms with Gasteiger partial charge in [0.1, 0.15) is 22.7 Å². The van der Waals surface area contributed by atoms with Crippen LogP contribution in [-0.4, -0.2) is 58.2 Å². The number of ether oxygens (including phenoxy) is 2. The molecule has 0 spiro atoms. The number of tetrazole rings is 1. The van der Waals surface area contributed by atoms with Gasteiger partial charge in [-0.1, -0.05) is 12.1 Å². The summed E-state index contributed by atoms with van der Waals surface area (Å²) in [6.45, 7) is 0. The van der Waals surface area contributed by atoms with Gasteiger partial charge in [-0.25, -0.2) is 14.4 Å². The minimum absolute atomic E-state index is 0.130. The molecule has 0 aliphatic carbocycles. The average Bonchev–Trinajstić information content (AvgIpc) is 3.13. The van der Waals surface area contributed by atoms with E-state index in [1.807, 2.05) is 0 Å². The second-order valence-electron chi connectivity index (χ2n) is 5.79. The Morgan fingerprint density at radius 3 is 2.38 bits per heavy atom. The fourth-order valence-corrected chi connectivity index (χ4v) is 2.65. The van der Waals surface area contributed by atoms with Crippen molar-refractivity contribution in [2.45, 2.75) is 0 Å². The Hall–Kier alpha value is -4.15. The number of carboxylic acids is 1. The summed E-state index contributed by atoms with van der Waals surface area (Å²) in [6.07, 6.45) is 0. The summed E-state index contributed by atoms with van der Waals surface area (Å²) in [7, 11) is 4.16. The average molecular weight is 399 g/mol. The minimum Gasteiger partial charge on any atom is -0.496 e. The van der Waals surface area contributed by atoms with Gasteiger partial charge in [0.2, 0.25) is 0 Å². The second kappa shape index (κ2) is 7.84. The first-order chi connectivity index (χ1) is 13.9. The Morgan fingerprint density at radius 1 is 1.03 bits per heavy atom. The van der Waals surface area contributed by atoms with Crippen LogP contribution in [0.1, 0.15) is 10.4 Å². The van der Waals surface area contributed by atoms with Crippen molar-refractivity contribution in [1.29, 1.82) is 0 Å². The number of aromatic nitrogens is 4. The molecule has 0 aliphatic heterocycles. The van der Waals surface area contributed by atoms with Gasteiger partial charge < -0.3 is 14.6 Å². The van der Waals surface area contributed by atoms with E-state index < -0.39 is 17.7 Å². The third-order valence-electron chi connectivity index (χ3n) is 4.16.